The van der Waals surface area contributed by atoms with Gasteiger partial charge < -0.3 is 14.6 Å². The molecular weight excluding hydrogens is 366 g/mol. The number of aromatic nitrogens is 2. The van der Waals surface area contributed by atoms with Crippen molar-refractivity contribution in [2.24, 2.45) is 0 Å². The molecule has 144 valence electrons. The SMILES string of the molecule is O=C(NCc1nc(-c2ccccc2)no1)c1ccc(OCc2ccccc2)cc1. The van der Waals surface area contributed by atoms with Gasteiger partial charge in [-0.3, -0.25) is 4.79 Å². The Morgan fingerprint density at radius 1 is 0.897 bits per heavy atom. The molecule has 0 aliphatic rings. The highest BCUT2D eigenvalue weighted by atomic mass is 16.5. The summed E-state index contributed by atoms with van der Waals surface area (Å²) >= 11 is 0. The Labute approximate surface area is 168 Å². The van der Waals surface area contributed by atoms with E-state index in [4.69, 9.17) is 9.26 Å². The Kier molecular flexibility index (Phi) is 5.62. The van der Waals surface area contributed by atoms with E-state index in [1.165, 1.54) is 0 Å². The first kappa shape index (κ1) is 18.4. The zero-order chi connectivity index (χ0) is 19.9. The fourth-order valence-electron chi connectivity index (χ4n) is 2.73. The van der Waals surface area contributed by atoms with Crippen LogP contribution in [0.25, 0.3) is 11.4 Å². The van der Waals surface area contributed by atoms with Crippen LogP contribution in [0.2, 0.25) is 0 Å². The molecule has 0 saturated heterocycles. The molecular formula is C23H19N3O3. The number of ether oxygens (including phenoxy) is 1. The molecule has 6 heteroatoms. The zero-order valence-electron chi connectivity index (χ0n) is 15.6. The number of carbonyl (C=O) groups is 1. The van der Waals surface area contributed by atoms with Gasteiger partial charge in [0.15, 0.2) is 0 Å². The van der Waals surface area contributed by atoms with Gasteiger partial charge >= 0.3 is 0 Å². The predicted molar refractivity (Wildman–Crippen MR) is 108 cm³/mol. The van der Waals surface area contributed by atoms with Crippen molar-refractivity contribution in [1.29, 1.82) is 0 Å². The maximum atomic E-state index is 12.3. The molecule has 0 bridgehead atoms. The molecule has 4 aromatic rings. The largest absolute Gasteiger partial charge is 0.489 e. The number of benzene rings is 3. The maximum Gasteiger partial charge on any atom is 0.251 e. The number of rotatable bonds is 7. The van der Waals surface area contributed by atoms with E-state index in [0.717, 1.165) is 11.1 Å². The van der Waals surface area contributed by atoms with Gasteiger partial charge in [0, 0.05) is 11.1 Å². The van der Waals surface area contributed by atoms with Crippen LogP contribution in [0.3, 0.4) is 0 Å². The zero-order valence-corrected chi connectivity index (χ0v) is 15.6. The van der Waals surface area contributed by atoms with Gasteiger partial charge in [0.2, 0.25) is 11.7 Å². The monoisotopic (exact) mass is 385 g/mol. The Morgan fingerprint density at radius 3 is 2.31 bits per heavy atom. The summed E-state index contributed by atoms with van der Waals surface area (Å²) in [4.78, 5) is 16.6. The van der Waals surface area contributed by atoms with Crippen LogP contribution in [0.15, 0.2) is 89.5 Å². The van der Waals surface area contributed by atoms with E-state index in [1.54, 1.807) is 24.3 Å². The molecule has 0 radical (unpaired) electrons. The average molecular weight is 385 g/mol. The fourth-order valence-corrected chi connectivity index (χ4v) is 2.73. The molecule has 6 nitrogen and oxygen atoms in total. The lowest BCUT2D eigenvalue weighted by molar-refractivity contribution is 0.0946. The number of nitrogens with one attached hydrogen (secondary N) is 1. The van der Waals surface area contributed by atoms with Crippen LogP contribution in [0.5, 0.6) is 5.75 Å². The Morgan fingerprint density at radius 2 is 1.59 bits per heavy atom. The highest BCUT2D eigenvalue weighted by Gasteiger charge is 2.11. The van der Waals surface area contributed by atoms with Gasteiger partial charge in [-0.15, -0.1) is 0 Å². The second-order valence-corrected chi connectivity index (χ2v) is 6.36. The summed E-state index contributed by atoms with van der Waals surface area (Å²) in [6.07, 6.45) is 0. The third-order valence-electron chi connectivity index (χ3n) is 4.27. The normalized spacial score (nSPS) is 10.5. The van der Waals surface area contributed by atoms with Crippen molar-refractivity contribution in [2.75, 3.05) is 0 Å². The van der Waals surface area contributed by atoms with Crippen LogP contribution in [0.4, 0.5) is 0 Å². The van der Waals surface area contributed by atoms with Gasteiger partial charge in [0.25, 0.3) is 5.91 Å². The molecule has 0 spiro atoms. The van der Waals surface area contributed by atoms with Crippen LogP contribution in [-0.2, 0) is 13.2 Å². The van der Waals surface area contributed by atoms with E-state index in [0.29, 0.717) is 29.6 Å². The number of amides is 1. The van der Waals surface area contributed by atoms with E-state index >= 15 is 0 Å². The number of hydrogen-bond acceptors (Lipinski definition) is 5. The molecule has 29 heavy (non-hydrogen) atoms. The predicted octanol–water partition coefficient (Wildman–Crippen LogP) is 4.25. The second kappa shape index (κ2) is 8.84. The first-order valence-electron chi connectivity index (χ1n) is 9.21. The van der Waals surface area contributed by atoms with Crippen LogP contribution >= 0.6 is 0 Å². The van der Waals surface area contributed by atoms with E-state index in [2.05, 4.69) is 15.5 Å². The van der Waals surface area contributed by atoms with E-state index < -0.39 is 0 Å². The molecule has 1 amide bonds. The summed E-state index contributed by atoms with van der Waals surface area (Å²) < 4.78 is 10.9. The van der Waals surface area contributed by atoms with Crippen LogP contribution in [0.1, 0.15) is 21.8 Å². The van der Waals surface area contributed by atoms with Crippen molar-refractivity contribution >= 4 is 5.91 Å². The fraction of sp³-hybridized carbons (Fsp3) is 0.0870. The topological polar surface area (TPSA) is 77.3 Å². The maximum absolute atomic E-state index is 12.3. The first-order valence-corrected chi connectivity index (χ1v) is 9.21. The molecule has 0 fully saturated rings. The third-order valence-corrected chi connectivity index (χ3v) is 4.27. The third kappa shape index (κ3) is 4.87. The lowest BCUT2D eigenvalue weighted by atomic mass is 10.2. The lowest BCUT2D eigenvalue weighted by Gasteiger charge is -2.07. The summed E-state index contributed by atoms with van der Waals surface area (Å²) in [6, 6.07) is 26.4. The minimum absolute atomic E-state index is 0.158. The molecule has 0 saturated carbocycles. The van der Waals surface area contributed by atoms with Crippen molar-refractivity contribution < 1.29 is 14.1 Å². The Hall–Kier alpha value is -3.93. The highest BCUT2D eigenvalue weighted by molar-refractivity contribution is 5.94. The van der Waals surface area contributed by atoms with Crippen molar-refractivity contribution in [3.8, 4) is 17.1 Å². The van der Waals surface area contributed by atoms with Crippen LogP contribution in [-0.4, -0.2) is 16.0 Å². The van der Waals surface area contributed by atoms with Crippen molar-refractivity contribution in [3.05, 3.63) is 102 Å². The summed E-state index contributed by atoms with van der Waals surface area (Å²) in [6.45, 7) is 0.637. The molecule has 3 aromatic carbocycles. The first-order chi connectivity index (χ1) is 14.3. The second-order valence-electron chi connectivity index (χ2n) is 6.36. The lowest BCUT2D eigenvalue weighted by Crippen LogP contribution is -2.22. The van der Waals surface area contributed by atoms with Gasteiger partial charge in [-0.1, -0.05) is 65.8 Å². The van der Waals surface area contributed by atoms with E-state index in [-0.39, 0.29) is 12.5 Å². The van der Waals surface area contributed by atoms with E-state index in [1.807, 2.05) is 60.7 Å². The number of nitrogens with zero attached hydrogens (tertiary/aromatic N) is 2. The standard InChI is InChI=1S/C23H19N3O3/c27-23(24-15-21-25-22(26-29-21)18-9-5-2-6-10-18)19-11-13-20(14-12-19)28-16-17-7-3-1-4-8-17/h1-14H,15-16H2,(H,24,27). The number of hydrogen-bond donors (Lipinski definition) is 1. The molecule has 0 aliphatic heterocycles. The highest BCUT2D eigenvalue weighted by Crippen LogP contribution is 2.16. The molecule has 1 heterocycles. The van der Waals surface area contributed by atoms with Crippen LogP contribution < -0.4 is 10.1 Å². The van der Waals surface area contributed by atoms with Gasteiger partial charge in [-0.25, -0.2) is 0 Å². The van der Waals surface area contributed by atoms with Gasteiger partial charge in [0.05, 0.1) is 6.54 Å². The Balaban J connectivity index is 1.30. The quantitative estimate of drug-likeness (QED) is 0.515. The molecule has 0 atom stereocenters. The van der Waals surface area contributed by atoms with E-state index in [9.17, 15) is 4.79 Å². The molecule has 0 unspecified atom stereocenters. The smallest absolute Gasteiger partial charge is 0.251 e. The van der Waals surface area contributed by atoms with Crippen molar-refractivity contribution in [1.82, 2.24) is 15.5 Å². The average Bonchev–Trinajstić information content (AvgIpc) is 3.27. The minimum Gasteiger partial charge on any atom is -0.489 e. The van der Waals surface area contributed by atoms with Gasteiger partial charge in [-0.2, -0.15) is 4.98 Å². The summed E-state index contributed by atoms with van der Waals surface area (Å²) in [5.74, 6) is 1.32. The molecule has 4 rings (SSSR count). The van der Waals surface area contributed by atoms with Gasteiger partial charge in [0.1, 0.15) is 12.4 Å². The molecule has 1 aromatic heterocycles. The Bertz CT molecular complexity index is 1060. The van der Waals surface area contributed by atoms with Crippen LogP contribution in [0, 0.1) is 0 Å². The summed E-state index contributed by atoms with van der Waals surface area (Å²) in [5, 5.41) is 6.72. The summed E-state index contributed by atoms with van der Waals surface area (Å²) in [7, 11) is 0. The number of carbonyl (C=O) groups excluding carboxylic acids is 1. The van der Waals surface area contributed by atoms with Crippen molar-refractivity contribution in [2.45, 2.75) is 13.2 Å². The van der Waals surface area contributed by atoms with Crippen molar-refractivity contribution in [3.63, 3.8) is 0 Å². The molecule has 0 aliphatic carbocycles. The van der Waals surface area contributed by atoms with Gasteiger partial charge in [-0.05, 0) is 29.8 Å². The minimum atomic E-state index is -0.223. The summed E-state index contributed by atoms with van der Waals surface area (Å²) in [5.41, 5.74) is 2.48. The molecule has 1 N–H and O–H groups in total.